The van der Waals surface area contributed by atoms with Gasteiger partial charge >= 0.3 is 0 Å². The molecule has 7 nitrogen and oxygen atoms in total. The number of methoxy groups -OCH3 is 2. The van der Waals surface area contributed by atoms with Gasteiger partial charge in [-0.1, -0.05) is 6.07 Å². The molecule has 33 heavy (non-hydrogen) atoms. The second kappa shape index (κ2) is 9.12. The number of carbonyl (C=O) groups is 2. The molecular weight excluding hydrogens is 427 g/mol. The van der Waals surface area contributed by atoms with Crippen molar-refractivity contribution in [1.29, 1.82) is 0 Å². The van der Waals surface area contributed by atoms with E-state index in [1.165, 1.54) is 43.4 Å². The Kier molecular flexibility index (Phi) is 6.08. The molecule has 1 aromatic heterocycles. The number of ether oxygens (including phenoxy) is 2. The third-order valence-electron chi connectivity index (χ3n) is 5.47. The van der Waals surface area contributed by atoms with Crippen LogP contribution in [0, 0.1) is 5.82 Å². The van der Waals surface area contributed by atoms with Crippen LogP contribution >= 0.6 is 0 Å². The number of carbonyl (C=O) groups excluding carboxylic acids is 2. The molecule has 1 fully saturated rings. The van der Waals surface area contributed by atoms with Gasteiger partial charge in [0, 0.05) is 36.1 Å². The summed E-state index contributed by atoms with van der Waals surface area (Å²) < 4.78 is 24.2. The van der Waals surface area contributed by atoms with Crippen molar-refractivity contribution in [2.45, 2.75) is 12.6 Å². The maximum Gasteiger partial charge on any atom is 0.295 e. The van der Waals surface area contributed by atoms with E-state index in [1.807, 2.05) is 0 Å². The van der Waals surface area contributed by atoms with E-state index in [0.29, 0.717) is 22.6 Å². The lowest BCUT2D eigenvalue weighted by atomic mass is 9.94. The van der Waals surface area contributed by atoms with Gasteiger partial charge in [-0.3, -0.25) is 14.6 Å². The molecule has 0 bridgehead atoms. The van der Waals surface area contributed by atoms with Gasteiger partial charge in [0.05, 0.1) is 25.8 Å². The van der Waals surface area contributed by atoms with Crippen LogP contribution in [-0.4, -0.2) is 40.9 Å². The number of Topliss-reactive ketones (excluding diaryl/α,β-unsaturated/α-hetero) is 1. The molecule has 1 N–H and O–H groups in total. The van der Waals surface area contributed by atoms with Crippen molar-refractivity contribution in [2.24, 2.45) is 0 Å². The van der Waals surface area contributed by atoms with Crippen LogP contribution in [0.4, 0.5) is 4.39 Å². The van der Waals surface area contributed by atoms with E-state index in [9.17, 15) is 19.1 Å². The minimum absolute atomic E-state index is 0.0818. The number of aliphatic hydroxyl groups is 1. The Morgan fingerprint density at radius 3 is 2.48 bits per heavy atom. The van der Waals surface area contributed by atoms with Gasteiger partial charge in [-0.15, -0.1) is 0 Å². The molecule has 1 amide bonds. The van der Waals surface area contributed by atoms with E-state index in [4.69, 9.17) is 9.47 Å². The highest BCUT2D eigenvalue weighted by molar-refractivity contribution is 6.46. The molecule has 0 aliphatic carbocycles. The Morgan fingerprint density at radius 1 is 1.09 bits per heavy atom. The lowest BCUT2D eigenvalue weighted by Crippen LogP contribution is -2.29. The number of rotatable bonds is 6. The summed E-state index contributed by atoms with van der Waals surface area (Å²) in [6, 6.07) is 12.6. The average molecular weight is 448 g/mol. The lowest BCUT2D eigenvalue weighted by molar-refractivity contribution is -0.140. The first-order chi connectivity index (χ1) is 15.9. The summed E-state index contributed by atoms with van der Waals surface area (Å²) in [6.07, 6.45) is 3.21. The second-order valence-electron chi connectivity index (χ2n) is 7.40. The largest absolute Gasteiger partial charge is 0.507 e. The van der Waals surface area contributed by atoms with Crippen LogP contribution in [0.5, 0.6) is 11.5 Å². The third kappa shape index (κ3) is 4.15. The number of halogens is 1. The number of benzene rings is 2. The summed E-state index contributed by atoms with van der Waals surface area (Å²) in [5.74, 6) is -1.60. The summed E-state index contributed by atoms with van der Waals surface area (Å²) in [5.41, 5.74) is 1.30. The zero-order valence-corrected chi connectivity index (χ0v) is 18.0. The van der Waals surface area contributed by atoms with Gasteiger partial charge in [0.25, 0.3) is 11.7 Å². The van der Waals surface area contributed by atoms with Crippen LogP contribution in [0.25, 0.3) is 5.76 Å². The van der Waals surface area contributed by atoms with Crippen molar-refractivity contribution < 1.29 is 28.6 Å². The van der Waals surface area contributed by atoms with E-state index in [2.05, 4.69) is 4.98 Å². The highest BCUT2D eigenvalue weighted by atomic mass is 19.1. The van der Waals surface area contributed by atoms with Gasteiger partial charge in [-0.2, -0.15) is 0 Å². The first-order valence-corrected chi connectivity index (χ1v) is 10.1. The van der Waals surface area contributed by atoms with Crippen LogP contribution in [0.2, 0.25) is 0 Å². The minimum Gasteiger partial charge on any atom is -0.507 e. The molecule has 3 aromatic rings. The number of likely N-dealkylation sites (tertiary alicyclic amines) is 1. The molecule has 8 heteroatoms. The topological polar surface area (TPSA) is 89.0 Å². The van der Waals surface area contributed by atoms with Crippen LogP contribution in [0.3, 0.4) is 0 Å². The number of hydrogen-bond donors (Lipinski definition) is 1. The summed E-state index contributed by atoms with van der Waals surface area (Å²) >= 11 is 0. The summed E-state index contributed by atoms with van der Waals surface area (Å²) in [7, 11) is 2.98. The highest BCUT2D eigenvalue weighted by Gasteiger charge is 2.47. The molecule has 0 spiro atoms. The standard InChI is InChI=1S/C25H21FN2O5/c1-32-18-9-10-19(20(12-18)33-2)22-21(23(29)16-5-7-17(26)8-6-16)24(30)25(31)28(22)14-15-4-3-11-27-13-15/h3-13,22,29H,14H2,1-2H3. The Bertz CT molecular complexity index is 1230. The van der Waals surface area contributed by atoms with Crippen molar-refractivity contribution in [3.8, 4) is 11.5 Å². The fourth-order valence-corrected chi connectivity index (χ4v) is 3.86. The number of pyridine rings is 1. The summed E-state index contributed by atoms with van der Waals surface area (Å²) in [5, 5.41) is 11.1. The van der Waals surface area contributed by atoms with Gasteiger partial charge in [-0.25, -0.2) is 4.39 Å². The maximum atomic E-state index is 13.4. The van der Waals surface area contributed by atoms with Crippen molar-refractivity contribution >= 4 is 17.4 Å². The van der Waals surface area contributed by atoms with E-state index in [1.54, 1.807) is 42.7 Å². The van der Waals surface area contributed by atoms with E-state index in [-0.39, 0.29) is 17.7 Å². The van der Waals surface area contributed by atoms with Gasteiger partial charge in [0.15, 0.2) is 0 Å². The summed E-state index contributed by atoms with van der Waals surface area (Å²) in [4.78, 5) is 31.7. The Morgan fingerprint density at radius 2 is 1.85 bits per heavy atom. The number of nitrogens with zero attached hydrogens (tertiary/aromatic N) is 2. The van der Waals surface area contributed by atoms with Gasteiger partial charge in [0.1, 0.15) is 23.1 Å². The zero-order valence-electron chi connectivity index (χ0n) is 18.0. The van der Waals surface area contributed by atoms with Gasteiger partial charge in [-0.05, 0) is 48.0 Å². The van der Waals surface area contributed by atoms with Crippen LogP contribution in [0.1, 0.15) is 22.7 Å². The quantitative estimate of drug-likeness (QED) is 0.350. The third-order valence-corrected chi connectivity index (χ3v) is 5.47. The predicted octanol–water partition coefficient (Wildman–Crippen LogP) is 3.86. The Labute approximate surface area is 189 Å². The molecule has 168 valence electrons. The number of hydrogen-bond acceptors (Lipinski definition) is 6. The molecule has 1 unspecified atom stereocenters. The normalized spacial score (nSPS) is 17.3. The van der Waals surface area contributed by atoms with Crippen LogP contribution < -0.4 is 9.47 Å². The van der Waals surface area contributed by atoms with Crippen LogP contribution in [-0.2, 0) is 16.1 Å². The smallest absolute Gasteiger partial charge is 0.295 e. The average Bonchev–Trinajstić information content (AvgIpc) is 3.09. The molecule has 0 saturated carbocycles. The SMILES string of the molecule is COc1ccc(C2C(=C(O)c3ccc(F)cc3)C(=O)C(=O)N2Cc2cccnc2)c(OC)c1. The first kappa shape index (κ1) is 22.0. The Balaban J connectivity index is 1.91. The fourth-order valence-electron chi connectivity index (χ4n) is 3.86. The van der Waals surface area contributed by atoms with Crippen molar-refractivity contribution in [3.05, 3.63) is 95.1 Å². The van der Waals surface area contributed by atoms with E-state index >= 15 is 0 Å². The minimum atomic E-state index is -0.948. The van der Waals surface area contributed by atoms with Crippen LogP contribution in [0.15, 0.2) is 72.6 Å². The molecule has 1 aliphatic heterocycles. The molecule has 2 aromatic carbocycles. The fraction of sp³-hybridized carbons (Fsp3) is 0.160. The molecule has 1 atom stereocenters. The maximum absolute atomic E-state index is 13.4. The number of amides is 1. The lowest BCUT2D eigenvalue weighted by Gasteiger charge is -2.26. The zero-order chi connectivity index (χ0) is 23.5. The molecule has 0 radical (unpaired) electrons. The number of aromatic nitrogens is 1. The molecule has 4 rings (SSSR count). The number of ketones is 1. The molecule has 2 heterocycles. The second-order valence-corrected chi connectivity index (χ2v) is 7.40. The predicted molar refractivity (Wildman–Crippen MR) is 118 cm³/mol. The highest BCUT2D eigenvalue weighted by Crippen LogP contribution is 2.44. The Hall–Kier alpha value is -4.20. The van der Waals surface area contributed by atoms with Gasteiger partial charge in [0.2, 0.25) is 0 Å². The molecule has 1 aliphatic rings. The monoisotopic (exact) mass is 448 g/mol. The van der Waals surface area contributed by atoms with Crippen molar-refractivity contribution in [2.75, 3.05) is 14.2 Å². The first-order valence-electron chi connectivity index (χ1n) is 10.1. The number of aliphatic hydroxyl groups excluding tert-OH is 1. The van der Waals surface area contributed by atoms with E-state index < -0.39 is 29.3 Å². The molecular formula is C25H21FN2O5. The van der Waals surface area contributed by atoms with Crippen molar-refractivity contribution in [3.63, 3.8) is 0 Å². The van der Waals surface area contributed by atoms with Gasteiger partial charge < -0.3 is 19.5 Å². The van der Waals surface area contributed by atoms with Crippen molar-refractivity contribution in [1.82, 2.24) is 9.88 Å². The molecule has 1 saturated heterocycles. The summed E-state index contributed by atoms with van der Waals surface area (Å²) in [6.45, 7) is 0.0818. The van der Waals surface area contributed by atoms with E-state index in [0.717, 1.165) is 0 Å².